The van der Waals surface area contributed by atoms with E-state index in [9.17, 15) is 0 Å². The zero-order valence-corrected chi connectivity index (χ0v) is 26.0. The molecule has 0 amide bonds. The Morgan fingerprint density at radius 2 is 1.16 bits per heavy atom. The predicted molar refractivity (Wildman–Crippen MR) is 165 cm³/mol. The van der Waals surface area contributed by atoms with Gasteiger partial charge in [-0.1, -0.05) is 85.5 Å². The highest BCUT2D eigenvalue weighted by molar-refractivity contribution is 4.96. The van der Waals surface area contributed by atoms with Gasteiger partial charge in [-0.05, 0) is 129 Å². The van der Waals surface area contributed by atoms with Gasteiger partial charge in [-0.25, -0.2) is 0 Å². The van der Waals surface area contributed by atoms with Gasteiger partial charge in [-0.3, -0.25) is 0 Å². The summed E-state index contributed by atoms with van der Waals surface area (Å²) >= 11 is 0. The van der Waals surface area contributed by atoms with Crippen molar-refractivity contribution in [1.29, 1.82) is 0 Å². The van der Waals surface area contributed by atoms with Crippen LogP contribution in [0.25, 0.3) is 0 Å². The average molecular weight is 530 g/mol. The third-order valence-corrected chi connectivity index (χ3v) is 13.3. The monoisotopic (exact) mass is 530 g/mol. The molecule has 0 spiro atoms. The van der Waals surface area contributed by atoms with Crippen molar-refractivity contribution < 1.29 is 0 Å². The topological polar surface area (TPSA) is 78.1 Å². The van der Waals surface area contributed by atoms with Crippen molar-refractivity contribution in [3.63, 3.8) is 0 Å². The lowest BCUT2D eigenvalue weighted by Crippen LogP contribution is -2.49. The van der Waals surface area contributed by atoms with Gasteiger partial charge >= 0.3 is 0 Å². The van der Waals surface area contributed by atoms with Gasteiger partial charge in [0.2, 0.25) is 0 Å². The minimum absolute atomic E-state index is 0.213. The molecule has 9 unspecified atom stereocenters. The first-order valence-electron chi connectivity index (χ1n) is 17.6. The number of hydrogen-bond acceptors (Lipinski definition) is 3. The van der Waals surface area contributed by atoms with Crippen molar-refractivity contribution in [2.24, 2.45) is 88.2 Å². The second-order valence-electron chi connectivity index (χ2n) is 15.1. The largest absolute Gasteiger partial charge is 0.330 e. The lowest BCUT2D eigenvalue weighted by atomic mass is 9.54. The van der Waals surface area contributed by atoms with E-state index in [0.717, 1.165) is 72.3 Å². The maximum Gasteiger partial charge on any atom is 0.0120 e. The van der Waals surface area contributed by atoms with Crippen LogP contribution in [0.5, 0.6) is 0 Å². The smallest absolute Gasteiger partial charge is 0.0120 e. The third-order valence-electron chi connectivity index (χ3n) is 13.3. The molecule has 222 valence electrons. The number of fused-ring (bicyclic) bond motifs is 1. The summed E-state index contributed by atoms with van der Waals surface area (Å²) in [5.41, 5.74) is 19.1. The highest BCUT2D eigenvalue weighted by atomic mass is 14.8. The van der Waals surface area contributed by atoms with Crippen LogP contribution in [0.1, 0.15) is 130 Å². The summed E-state index contributed by atoms with van der Waals surface area (Å²) in [5, 5.41) is 0. The van der Waals surface area contributed by atoms with Gasteiger partial charge in [0.05, 0.1) is 0 Å². The molecule has 38 heavy (non-hydrogen) atoms. The Morgan fingerprint density at radius 3 is 1.74 bits per heavy atom. The van der Waals surface area contributed by atoms with Gasteiger partial charge in [-0.2, -0.15) is 0 Å². The van der Waals surface area contributed by atoms with Crippen molar-refractivity contribution >= 4 is 0 Å². The molecule has 3 heteroatoms. The van der Waals surface area contributed by atoms with E-state index in [2.05, 4.69) is 27.7 Å². The Morgan fingerprint density at radius 1 is 0.605 bits per heavy atom. The van der Waals surface area contributed by atoms with Crippen LogP contribution in [0.2, 0.25) is 0 Å². The molecule has 0 radical (unpaired) electrons. The molecule has 0 aromatic rings. The number of rotatable bonds is 7. The molecule has 4 aliphatic rings. The molecule has 4 fully saturated rings. The summed E-state index contributed by atoms with van der Waals surface area (Å²) in [6, 6.07) is 0.213. The molecule has 0 aliphatic heterocycles. The Kier molecular flexibility index (Phi) is 11.9. The SMILES string of the molecule is CCC1CC(C2C(C)CCCCCC(CC3CC(CN)C(N)C(CN)C3)C3CCCCC32)CC(CC)C1C. The molecule has 6 N–H and O–H groups in total. The lowest BCUT2D eigenvalue weighted by molar-refractivity contribution is -0.0184. The standard InChI is InChI=1S/C35H67N3/c1-5-26-19-29(20-27(6-2)24(26)4)34-23(3)12-8-7-9-13-28(32-14-10-11-15-33(32)34)16-25-17-30(21-36)35(38)31(18-25)22-37/h23-35H,5-22,36-38H2,1-4H3. The molecular weight excluding hydrogens is 462 g/mol. The van der Waals surface area contributed by atoms with E-state index in [1.54, 1.807) is 0 Å². The van der Waals surface area contributed by atoms with Gasteiger partial charge in [0, 0.05) is 6.04 Å². The van der Waals surface area contributed by atoms with Crippen LogP contribution in [0, 0.1) is 71.0 Å². The lowest BCUT2D eigenvalue weighted by Gasteiger charge is -2.51. The van der Waals surface area contributed by atoms with Crippen LogP contribution in [0.4, 0.5) is 0 Å². The van der Waals surface area contributed by atoms with Crippen molar-refractivity contribution in [1.82, 2.24) is 0 Å². The van der Waals surface area contributed by atoms with Gasteiger partial charge in [0.15, 0.2) is 0 Å². The van der Waals surface area contributed by atoms with Crippen molar-refractivity contribution in [3.05, 3.63) is 0 Å². The molecule has 0 aromatic heterocycles. The molecule has 0 heterocycles. The molecule has 0 aromatic carbocycles. The van der Waals surface area contributed by atoms with Crippen LogP contribution in [-0.2, 0) is 0 Å². The van der Waals surface area contributed by atoms with Crippen LogP contribution in [0.15, 0.2) is 0 Å². The van der Waals surface area contributed by atoms with Crippen LogP contribution in [0.3, 0.4) is 0 Å². The molecule has 4 rings (SSSR count). The van der Waals surface area contributed by atoms with Crippen LogP contribution >= 0.6 is 0 Å². The Labute approximate surface area is 237 Å². The van der Waals surface area contributed by atoms with Gasteiger partial charge in [0.25, 0.3) is 0 Å². The summed E-state index contributed by atoms with van der Waals surface area (Å²) in [7, 11) is 0. The first-order valence-corrected chi connectivity index (χ1v) is 17.6. The zero-order valence-electron chi connectivity index (χ0n) is 26.0. The Hall–Kier alpha value is -0.120. The average Bonchev–Trinajstić information content (AvgIpc) is 2.93. The number of nitrogens with two attached hydrogens (primary N) is 3. The van der Waals surface area contributed by atoms with Gasteiger partial charge in [-0.15, -0.1) is 0 Å². The van der Waals surface area contributed by atoms with Crippen LogP contribution < -0.4 is 17.2 Å². The van der Waals surface area contributed by atoms with E-state index >= 15 is 0 Å². The number of hydrogen-bond donors (Lipinski definition) is 3. The van der Waals surface area contributed by atoms with Gasteiger partial charge in [0.1, 0.15) is 0 Å². The van der Waals surface area contributed by atoms with Crippen molar-refractivity contribution in [2.45, 2.75) is 136 Å². The molecular formula is C35H67N3. The highest BCUT2D eigenvalue weighted by Gasteiger charge is 2.46. The summed E-state index contributed by atoms with van der Waals surface area (Å²) in [6.07, 6.45) is 23.0. The minimum Gasteiger partial charge on any atom is -0.330 e. The van der Waals surface area contributed by atoms with Crippen molar-refractivity contribution in [2.75, 3.05) is 13.1 Å². The van der Waals surface area contributed by atoms with E-state index < -0.39 is 0 Å². The molecule has 9 atom stereocenters. The van der Waals surface area contributed by atoms with E-state index in [4.69, 9.17) is 17.2 Å². The zero-order chi connectivity index (χ0) is 27.2. The molecule has 0 saturated heterocycles. The fourth-order valence-electron chi connectivity index (χ4n) is 11.1. The second kappa shape index (κ2) is 14.7. The summed E-state index contributed by atoms with van der Waals surface area (Å²) in [5.74, 6) is 10.2. The van der Waals surface area contributed by atoms with Gasteiger partial charge < -0.3 is 17.2 Å². The molecule has 4 saturated carbocycles. The van der Waals surface area contributed by atoms with Crippen molar-refractivity contribution in [3.8, 4) is 0 Å². The maximum atomic E-state index is 6.64. The highest BCUT2D eigenvalue weighted by Crippen LogP contribution is 2.54. The first kappa shape index (κ1) is 30.8. The van der Waals surface area contributed by atoms with E-state index in [0.29, 0.717) is 11.8 Å². The van der Waals surface area contributed by atoms with E-state index in [-0.39, 0.29) is 6.04 Å². The summed E-state index contributed by atoms with van der Waals surface area (Å²) in [6.45, 7) is 11.7. The summed E-state index contributed by atoms with van der Waals surface area (Å²) < 4.78 is 0. The van der Waals surface area contributed by atoms with E-state index in [1.807, 2.05) is 0 Å². The molecule has 4 aliphatic carbocycles. The Bertz CT molecular complexity index is 652. The fraction of sp³-hybridized carbons (Fsp3) is 1.00. The predicted octanol–water partition coefficient (Wildman–Crippen LogP) is 8.00. The minimum atomic E-state index is 0.213. The van der Waals surface area contributed by atoms with E-state index in [1.165, 1.54) is 103 Å². The third kappa shape index (κ3) is 7.02. The first-order chi connectivity index (χ1) is 18.4. The summed E-state index contributed by atoms with van der Waals surface area (Å²) in [4.78, 5) is 0. The molecule has 0 bridgehead atoms. The second-order valence-corrected chi connectivity index (χ2v) is 15.1. The fourth-order valence-corrected chi connectivity index (χ4v) is 11.1. The quantitative estimate of drug-likeness (QED) is 0.312. The Balaban J connectivity index is 1.58. The molecule has 3 nitrogen and oxygen atoms in total. The maximum absolute atomic E-state index is 6.64. The normalized spacial score (nSPS) is 47.3. The van der Waals surface area contributed by atoms with Crippen LogP contribution in [-0.4, -0.2) is 19.1 Å².